The number of ether oxygens (including phenoxy) is 1. The number of benzene rings is 1. The van der Waals surface area contributed by atoms with Crippen molar-refractivity contribution in [3.8, 4) is 0 Å². The van der Waals surface area contributed by atoms with E-state index >= 15 is 0 Å². The molecule has 0 bridgehead atoms. The van der Waals surface area contributed by atoms with Crippen LogP contribution in [0, 0.1) is 10.1 Å². The summed E-state index contributed by atoms with van der Waals surface area (Å²) in [5.74, 6) is -0.335. The van der Waals surface area contributed by atoms with Crippen LogP contribution in [0.3, 0.4) is 0 Å². The number of nitro benzene ring substituents is 1. The van der Waals surface area contributed by atoms with Gasteiger partial charge in [-0.05, 0) is 17.2 Å². The van der Waals surface area contributed by atoms with Crippen molar-refractivity contribution in [1.29, 1.82) is 0 Å². The van der Waals surface area contributed by atoms with Gasteiger partial charge < -0.3 is 4.74 Å². The maximum absolute atomic E-state index is 10.9. The fourth-order valence-electron chi connectivity index (χ4n) is 1.40. The van der Waals surface area contributed by atoms with Gasteiger partial charge in [-0.1, -0.05) is 0 Å². The molecular formula is C9H7NO4. The van der Waals surface area contributed by atoms with E-state index in [4.69, 9.17) is 4.74 Å². The number of carbonyl (C=O) groups excluding carboxylic acids is 1. The fraction of sp³-hybridized carbons (Fsp3) is 0.222. The van der Waals surface area contributed by atoms with Gasteiger partial charge in [0.15, 0.2) is 0 Å². The number of nitrogens with zero attached hydrogens (tertiary/aromatic N) is 1. The van der Waals surface area contributed by atoms with Gasteiger partial charge in [0, 0.05) is 12.1 Å². The molecule has 72 valence electrons. The Morgan fingerprint density at radius 1 is 1.36 bits per heavy atom. The van der Waals surface area contributed by atoms with Gasteiger partial charge in [0.2, 0.25) is 0 Å². The Labute approximate surface area is 79.4 Å². The van der Waals surface area contributed by atoms with Gasteiger partial charge in [-0.2, -0.15) is 0 Å². The molecular weight excluding hydrogens is 186 g/mol. The van der Waals surface area contributed by atoms with E-state index in [1.807, 2.05) is 0 Å². The zero-order valence-corrected chi connectivity index (χ0v) is 7.23. The summed E-state index contributed by atoms with van der Waals surface area (Å²) >= 11 is 0. The average molecular weight is 193 g/mol. The highest BCUT2D eigenvalue weighted by atomic mass is 16.6. The molecule has 5 heteroatoms. The minimum absolute atomic E-state index is 0.0125. The van der Waals surface area contributed by atoms with Crippen molar-refractivity contribution in [1.82, 2.24) is 0 Å². The van der Waals surface area contributed by atoms with Crippen molar-refractivity contribution in [3.05, 3.63) is 39.4 Å². The summed E-state index contributed by atoms with van der Waals surface area (Å²) in [5, 5.41) is 10.5. The molecule has 0 unspecified atom stereocenters. The molecule has 2 rings (SSSR count). The number of hydrogen-bond donors (Lipinski definition) is 0. The molecule has 0 radical (unpaired) electrons. The number of non-ortho nitro benzene ring substituents is 1. The largest absolute Gasteiger partial charge is 0.461 e. The number of rotatable bonds is 1. The zero-order valence-electron chi connectivity index (χ0n) is 7.23. The Hall–Kier alpha value is -1.91. The van der Waals surface area contributed by atoms with Gasteiger partial charge in [0.05, 0.1) is 11.3 Å². The van der Waals surface area contributed by atoms with E-state index < -0.39 is 4.92 Å². The van der Waals surface area contributed by atoms with Gasteiger partial charge in [-0.25, -0.2) is 0 Å². The second-order valence-corrected chi connectivity index (χ2v) is 3.05. The maximum Gasteiger partial charge on any atom is 0.310 e. The average Bonchev–Trinajstić information content (AvgIpc) is 2.16. The lowest BCUT2D eigenvalue weighted by Crippen LogP contribution is -2.16. The summed E-state index contributed by atoms with van der Waals surface area (Å²) in [7, 11) is 0. The topological polar surface area (TPSA) is 69.4 Å². The van der Waals surface area contributed by atoms with Crippen LogP contribution in [0.25, 0.3) is 0 Å². The Morgan fingerprint density at radius 3 is 2.86 bits per heavy atom. The third kappa shape index (κ3) is 1.44. The predicted octanol–water partition coefficient (Wildman–Crippen LogP) is 1.19. The smallest absolute Gasteiger partial charge is 0.310 e. The molecule has 1 aliphatic rings. The normalized spacial score (nSPS) is 14.4. The van der Waals surface area contributed by atoms with E-state index in [0.717, 1.165) is 5.56 Å². The van der Waals surface area contributed by atoms with E-state index in [2.05, 4.69) is 0 Å². The van der Waals surface area contributed by atoms with E-state index in [1.54, 1.807) is 6.07 Å². The first-order valence-electron chi connectivity index (χ1n) is 4.08. The first kappa shape index (κ1) is 8.68. The highest BCUT2D eigenvalue weighted by Gasteiger charge is 2.19. The van der Waals surface area contributed by atoms with Crippen molar-refractivity contribution in [2.75, 3.05) is 0 Å². The van der Waals surface area contributed by atoms with Crippen LogP contribution >= 0.6 is 0 Å². The van der Waals surface area contributed by atoms with Crippen LogP contribution in [-0.4, -0.2) is 10.9 Å². The molecule has 0 atom stereocenters. The summed E-state index contributed by atoms with van der Waals surface area (Å²) in [4.78, 5) is 20.9. The van der Waals surface area contributed by atoms with Crippen LogP contribution in [0.2, 0.25) is 0 Å². The molecule has 0 saturated carbocycles. The molecule has 0 fully saturated rings. The third-order valence-corrected chi connectivity index (χ3v) is 2.12. The first-order chi connectivity index (χ1) is 6.66. The lowest BCUT2D eigenvalue weighted by atomic mass is 10.0. The van der Waals surface area contributed by atoms with Gasteiger partial charge >= 0.3 is 5.97 Å². The van der Waals surface area contributed by atoms with Gasteiger partial charge in [0.25, 0.3) is 5.69 Å². The Bertz CT molecular complexity index is 413. The van der Waals surface area contributed by atoms with E-state index in [9.17, 15) is 14.9 Å². The Kier molecular flexibility index (Phi) is 1.92. The third-order valence-electron chi connectivity index (χ3n) is 2.12. The van der Waals surface area contributed by atoms with Crippen LogP contribution in [0.15, 0.2) is 18.2 Å². The van der Waals surface area contributed by atoms with Crippen LogP contribution < -0.4 is 0 Å². The number of cyclic esters (lactones) is 1. The second kappa shape index (κ2) is 3.10. The minimum Gasteiger partial charge on any atom is -0.461 e. The van der Waals surface area contributed by atoms with Crippen molar-refractivity contribution in [3.63, 3.8) is 0 Å². The number of hydrogen-bond acceptors (Lipinski definition) is 4. The van der Waals surface area contributed by atoms with Gasteiger partial charge in [-0.3, -0.25) is 14.9 Å². The predicted molar refractivity (Wildman–Crippen MR) is 46.6 cm³/mol. The lowest BCUT2D eigenvalue weighted by molar-refractivity contribution is -0.384. The molecule has 0 N–H and O–H groups in total. The molecule has 0 spiro atoms. The molecule has 5 nitrogen and oxygen atoms in total. The van der Waals surface area contributed by atoms with Gasteiger partial charge in [-0.15, -0.1) is 0 Å². The fourth-order valence-corrected chi connectivity index (χ4v) is 1.40. The molecule has 1 heterocycles. The van der Waals surface area contributed by atoms with E-state index in [0.29, 0.717) is 5.56 Å². The molecule has 0 aliphatic carbocycles. The van der Waals surface area contributed by atoms with E-state index in [-0.39, 0.29) is 24.7 Å². The molecule has 0 aromatic heterocycles. The quantitative estimate of drug-likeness (QED) is 0.381. The lowest BCUT2D eigenvalue weighted by Gasteiger charge is -2.14. The van der Waals surface area contributed by atoms with Gasteiger partial charge in [0.1, 0.15) is 6.61 Å². The molecule has 1 aliphatic heterocycles. The molecule has 1 aromatic rings. The standard InChI is InChI=1S/C9H7NO4/c11-9-4-7-3-8(10(12)13)2-1-6(7)5-14-9/h1-3H,4-5H2. The van der Waals surface area contributed by atoms with Crippen LogP contribution in [0.4, 0.5) is 5.69 Å². The minimum atomic E-state index is -0.472. The number of nitro groups is 1. The zero-order chi connectivity index (χ0) is 10.1. The number of fused-ring (bicyclic) bond motifs is 1. The number of carbonyl (C=O) groups is 1. The Morgan fingerprint density at radius 2 is 2.14 bits per heavy atom. The molecule has 14 heavy (non-hydrogen) atoms. The van der Waals surface area contributed by atoms with Crippen molar-refractivity contribution in [2.45, 2.75) is 13.0 Å². The second-order valence-electron chi connectivity index (χ2n) is 3.05. The SMILES string of the molecule is O=C1Cc2cc([N+](=O)[O-])ccc2CO1. The number of esters is 1. The van der Waals surface area contributed by atoms with Crippen LogP contribution in [0.1, 0.15) is 11.1 Å². The summed E-state index contributed by atoms with van der Waals surface area (Å²) in [5.41, 5.74) is 1.55. The summed E-state index contributed by atoms with van der Waals surface area (Å²) in [6, 6.07) is 4.47. The Balaban J connectivity index is 2.42. The molecule has 0 saturated heterocycles. The summed E-state index contributed by atoms with van der Waals surface area (Å²) in [6.07, 6.45) is 0.122. The maximum atomic E-state index is 10.9. The van der Waals surface area contributed by atoms with Crippen molar-refractivity contribution >= 4 is 11.7 Å². The molecule has 1 aromatic carbocycles. The monoisotopic (exact) mass is 193 g/mol. The van der Waals surface area contributed by atoms with E-state index in [1.165, 1.54) is 12.1 Å². The molecule has 0 amide bonds. The first-order valence-corrected chi connectivity index (χ1v) is 4.08. The van der Waals surface area contributed by atoms with Crippen molar-refractivity contribution < 1.29 is 14.5 Å². The van der Waals surface area contributed by atoms with Crippen molar-refractivity contribution in [2.24, 2.45) is 0 Å². The summed E-state index contributed by atoms with van der Waals surface area (Å²) in [6.45, 7) is 0.214. The van der Waals surface area contributed by atoms with Crippen LogP contribution in [0.5, 0.6) is 0 Å². The highest BCUT2D eigenvalue weighted by molar-refractivity contribution is 5.75. The highest BCUT2D eigenvalue weighted by Crippen LogP contribution is 2.22. The van der Waals surface area contributed by atoms with Crippen LogP contribution in [-0.2, 0) is 22.6 Å². The summed E-state index contributed by atoms with van der Waals surface area (Å²) < 4.78 is 4.80.